The van der Waals surface area contributed by atoms with Gasteiger partial charge in [-0.1, -0.05) is 48.5 Å². The molecule has 1 fully saturated rings. The Morgan fingerprint density at radius 1 is 1.07 bits per heavy atom. The highest BCUT2D eigenvalue weighted by molar-refractivity contribution is 6.33. The molecule has 1 aliphatic rings. The Labute approximate surface area is 239 Å². The van der Waals surface area contributed by atoms with E-state index in [1.807, 2.05) is 74.5 Å². The van der Waals surface area contributed by atoms with Gasteiger partial charge in [0, 0.05) is 61.2 Å². The average molecular weight is 557 g/mol. The third kappa shape index (κ3) is 6.59. The number of piperazine rings is 1. The summed E-state index contributed by atoms with van der Waals surface area (Å²) in [5, 5.41) is 17.8. The molecule has 1 amide bonds. The highest BCUT2D eigenvalue weighted by atomic mass is 35.5. The lowest BCUT2D eigenvalue weighted by molar-refractivity contribution is -0.111. The van der Waals surface area contributed by atoms with Gasteiger partial charge in [0.1, 0.15) is 0 Å². The molecule has 1 saturated heterocycles. The number of nitrogens with one attached hydrogen (secondary N) is 2. The zero-order valence-corrected chi connectivity index (χ0v) is 23.4. The van der Waals surface area contributed by atoms with E-state index in [4.69, 9.17) is 16.6 Å². The van der Waals surface area contributed by atoms with Gasteiger partial charge in [-0.3, -0.25) is 9.69 Å². The number of hydrogen-bond donors (Lipinski definition) is 3. The number of fused-ring (bicyclic) bond motifs is 1. The first-order valence-electron chi connectivity index (χ1n) is 13.2. The predicted octanol–water partition coefficient (Wildman–Crippen LogP) is 5.71. The number of carbonyl (C=O) groups excluding carboxylic acids is 1. The number of carbonyl (C=O) groups is 1. The highest BCUT2D eigenvalue weighted by Crippen LogP contribution is 2.32. The molecule has 1 aromatic heterocycles. The minimum absolute atomic E-state index is 0.262. The first kappa shape index (κ1) is 27.6. The Morgan fingerprint density at radius 3 is 2.58 bits per heavy atom. The molecule has 4 aromatic rings. The number of β-amino-alcohol motifs (C(OH)–C–C–N with tert-alkyl or cyclic N) is 1. The molecular formula is C31H33ClN6O2. The van der Waals surface area contributed by atoms with Gasteiger partial charge < -0.3 is 20.6 Å². The fraction of sp³-hybridized carbons (Fsp3) is 0.258. The van der Waals surface area contributed by atoms with Crippen LogP contribution in [0.3, 0.4) is 0 Å². The number of nitrogens with zero attached hydrogens (tertiary/aromatic N) is 4. The van der Waals surface area contributed by atoms with Crippen LogP contribution in [0, 0.1) is 0 Å². The molecule has 0 spiro atoms. The van der Waals surface area contributed by atoms with Crippen LogP contribution in [-0.4, -0.2) is 64.2 Å². The van der Waals surface area contributed by atoms with Gasteiger partial charge in [0.2, 0.25) is 11.9 Å². The zero-order chi connectivity index (χ0) is 28.3. The Morgan fingerprint density at radius 2 is 1.85 bits per heavy atom. The van der Waals surface area contributed by atoms with E-state index in [1.54, 1.807) is 6.20 Å². The van der Waals surface area contributed by atoms with Crippen LogP contribution in [-0.2, 0) is 4.79 Å². The van der Waals surface area contributed by atoms with Crippen molar-refractivity contribution in [2.75, 3.05) is 48.3 Å². The molecule has 1 aliphatic heterocycles. The third-order valence-electron chi connectivity index (χ3n) is 6.76. The summed E-state index contributed by atoms with van der Waals surface area (Å²) in [5.41, 5.74) is 4.40. The summed E-state index contributed by atoms with van der Waals surface area (Å²) >= 11 is 6.72. The van der Waals surface area contributed by atoms with Crippen molar-refractivity contribution in [1.82, 2.24) is 14.9 Å². The summed E-state index contributed by atoms with van der Waals surface area (Å²) in [6, 6.07) is 19.5. The smallest absolute Gasteiger partial charge is 0.247 e. The third-order valence-corrected chi connectivity index (χ3v) is 7.07. The van der Waals surface area contributed by atoms with Gasteiger partial charge in [-0.05, 0) is 55.8 Å². The van der Waals surface area contributed by atoms with Crippen LogP contribution in [0.1, 0.15) is 13.8 Å². The van der Waals surface area contributed by atoms with E-state index >= 15 is 0 Å². The van der Waals surface area contributed by atoms with Crippen molar-refractivity contribution in [3.63, 3.8) is 0 Å². The van der Waals surface area contributed by atoms with Crippen LogP contribution in [0.15, 0.2) is 79.5 Å². The Hall–Kier alpha value is -3.98. The second kappa shape index (κ2) is 11.6. The number of aromatic nitrogens is 2. The normalized spacial score (nSPS) is 14.2. The lowest BCUT2D eigenvalue weighted by Gasteiger charge is -2.38. The first-order valence-corrected chi connectivity index (χ1v) is 13.6. The van der Waals surface area contributed by atoms with Crippen LogP contribution in [0.2, 0.25) is 5.02 Å². The maximum Gasteiger partial charge on any atom is 0.247 e. The monoisotopic (exact) mass is 556 g/mol. The van der Waals surface area contributed by atoms with E-state index in [2.05, 4.69) is 32.0 Å². The standard InChI is InChI=1S/C31H33ClN6O2/c1-4-28(39)34-23-9-5-7-21(17-23)25-10-6-8-22-19-33-30(36-29(22)25)35-24-11-12-27(26(32)18-24)38-15-13-37(14-16-38)20-31(2,3)40/h4-12,17-19,40H,1,13-16,20H2,2-3H3,(H,34,39)(H,33,35,36). The molecule has 0 atom stereocenters. The minimum atomic E-state index is -0.703. The summed E-state index contributed by atoms with van der Waals surface area (Å²) in [4.78, 5) is 25.7. The molecule has 0 saturated carbocycles. The largest absolute Gasteiger partial charge is 0.389 e. The maximum atomic E-state index is 11.8. The van der Waals surface area contributed by atoms with Crippen LogP contribution >= 0.6 is 11.6 Å². The van der Waals surface area contributed by atoms with Gasteiger partial charge >= 0.3 is 0 Å². The number of halogens is 1. The second-order valence-corrected chi connectivity index (χ2v) is 11.0. The SMILES string of the molecule is C=CC(=O)Nc1cccc(-c2cccc3cnc(Nc4ccc(N5CCN(CC(C)(C)O)CC5)c(Cl)c4)nc23)c1. The van der Waals surface area contributed by atoms with Crippen LogP contribution in [0.4, 0.5) is 23.0 Å². The fourth-order valence-corrected chi connectivity index (χ4v) is 5.27. The van der Waals surface area contributed by atoms with E-state index in [0.717, 1.165) is 59.6 Å². The van der Waals surface area contributed by atoms with Crippen LogP contribution in [0.25, 0.3) is 22.0 Å². The molecular weight excluding hydrogens is 524 g/mol. The molecule has 3 N–H and O–H groups in total. The Bertz CT molecular complexity index is 1540. The second-order valence-electron chi connectivity index (χ2n) is 10.6. The van der Waals surface area contributed by atoms with E-state index in [1.165, 1.54) is 6.08 Å². The van der Waals surface area contributed by atoms with Crippen molar-refractivity contribution in [1.29, 1.82) is 0 Å². The van der Waals surface area contributed by atoms with Crippen molar-refractivity contribution in [3.05, 3.63) is 84.5 Å². The van der Waals surface area contributed by atoms with Crippen LogP contribution in [0.5, 0.6) is 0 Å². The summed E-state index contributed by atoms with van der Waals surface area (Å²) in [6.45, 7) is 11.3. The number of anilines is 4. The van der Waals surface area contributed by atoms with E-state index < -0.39 is 5.60 Å². The number of rotatable bonds is 8. The van der Waals surface area contributed by atoms with Crippen LogP contribution < -0.4 is 15.5 Å². The number of benzene rings is 3. The first-order chi connectivity index (χ1) is 19.2. The summed E-state index contributed by atoms with van der Waals surface area (Å²) in [5.74, 6) is 0.196. The van der Waals surface area contributed by atoms with Gasteiger partial charge in [0.15, 0.2) is 0 Å². The van der Waals surface area contributed by atoms with Crippen molar-refractivity contribution in [2.45, 2.75) is 19.4 Å². The molecule has 0 bridgehead atoms. The summed E-state index contributed by atoms with van der Waals surface area (Å²) in [7, 11) is 0. The lowest BCUT2D eigenvalue weighted by atomic mass is 10.0. The average Bonchev–Trinajstić information content (AvgIpc) is 2.92. The number of amides is 1. The van der Waals surface area contributed by atoms with Crippen molar-refractivity contribution >= 4 is 51.4 Å². The summed E-state index contributed by atoms with van der Waals surface area (Å²) < 4.78 is 0. The molecule has 206 valence electrons. The van der Waals surface area contributed by atoms with E-state index in [9.17, 15) is 9.90 Å². The predicted molar refractivity (Wildman–Crippen MR) is 163 cm³/mol. The van der Waals surface area contributed by atoms with Crippen molar-refractivity contribution in [3.8, 4) is 11.1 Å². The quantitative estimate of drug-likeness (QED) is 0.239. The molecule has 0 unspecified atom stereocenters. The van der Waals surface area contributed by atoms with Gasteiger partial charge in [-0.25, -0.2) is 9.97 Å². The van der Waals surface area contributed by atoms with Gasteiger partial charge in [-0.15, -0.1) is 0 Å². The molecule has 8 nitrogen and oxygen atoms in total. The molecule has 9 heteroatoms. The minimum Gasteiger partial charge on any atom is -0.389 e. The lowest BCUT2D eigenvalue weighted by Crippen LogP contribution is -2.50. The number of aliphatic hydroxyl groups is 1. The Balaban J connectivity index is 1.34. The van der Waals surface area contributed by atoms with Gasteiger partial charge in [0.05, 0.1) is 21.8 Å². The number of para-hydroxylation sites is 1. The molecule has 0 radical (unpaired) electrons. The highest BCUT2D eigenvalue weighted by Gasteiger charge is 2.23. The van der Waals surface area contributed by atoms with E-state index in [-0.39, 0.29) is 5.91 Å². The van der Waals surface area contributed by atoms with Gasteiger partial charge in [-0.2, -0.15) is 0 Å². The topological polar surface area (TPSA) is 93.6 Å². The molecule has 40 heavy (non-hydrogen) atoms. The Kier molecular flexibility index (Phi) is 8.02. The van der Waals surface area contributed by atoms with Crippen molar-refractivity contribution in [2.24, 2.45) is 0 Å². The number of hydrogen-bond acceptors (Lipinski definition) is 7. The van der Waals surface area contributed by atoms with E-state index in [0.29, 0.717) is 23.2 Å². The molecule has 3 aromatic carbocycles. The molecule has 2 heterocycles. The zero-order valence-electron chi connectivity index (χ0n) is 22.7. The molecule has 5 rings (SSSR count). The van der Waals surface area contributed by atoms with Gasteiger partial charge in [0.25, 0.3) is 0 Å². The summed E-state index contributed by atoms with van der Waals surface area (Å²) in [6.07, 6.45) is 3.04. The maximum absolute atomic E-state index is 11.8. The molecule has 0 aliphatic carbocycles. The fourth-order valence-electron chi connectivity index (χ4n) is 4.97. The van der Waals surface area contributed by atoms with Crippen molar-refractivity contribution < 1.29 is 9.90 Å².